The third-order valence-corrected chi connectivity index (χ3v) is 4.77. The van der Waals surface area contributed by atoms with Gasteiger partial charge in [0.15, 0.2) is 5.12 Å². The van der Waals surface area contributed by atoms with Crippen LogP contribution in [0.25, 0.3) is 0 Å². The molecule has 0 radical (unpaired) electrons. The molecule has 5 heteroatoms. The van der Waals surface area contributed by atoms with E-state index in [1.807, 2.05) is 4.90 Å². The first-order chi connectivity index (χ1) is 8.66. The molecule has 2 unspecified atom stereocenters. The smallest absolute Gasteiger partial charge is 0.223 e. The summed E-state index contributed by atoms with van der Waals surface area (Å²) in [6, 6.07) is 0.368. The molecule has 102 valence electrons. The lowest BCUT2D eigenvalue weighted by Gasteiger charge is -2.27. The predicted octanol–water partition coefficient (Wildman–Crippen LogP) is 1.26. The molecule has 18 heavy (non-hydrogen) atoms. The van der Waals surface area contributed by atoms with E-state index in [2.05, 4.69) is 5.32 Å². The third kappa shape index (κ3) is 3.72. The minimum Gasteiger partial charge on any atom is -0.338 e. The van der Waals surface area contributed by atoms with Crippen LogP contribution in [0, 0.1) is 5.92 Å². The van der Waals surface area contributed by atoms with Gasteiger partial charge in [-0.1, -0.05) is 18.2 Å². The quantitative estimate of drug-likeness (QED) is 0.839. The lowest BCUT2D eigenvalue weighted by atomic mass is 10.1. The minimum absolute atomic E-state index is 0.150. The molecule has 0 aliphatic carbocycles. The molecule has 1 N–H and O–H groups in total. The van der Waals surface area contributed by atoms with Gasteiger partial charge in [-0.25, -0.2) is 0 Å². The number of carbonyl (C=O) groups is 2. The molecule has 0 aromatic carbocycles. The van der Waals surface area contributed by atoms with Gasteiger partial charge in [-0.3, -0.25) is 9.59 Å². The largest absolute Gasteiger partial charge is 0.338 e. The van der Waals surface area contributed by atoms with Crippen molar-refractivity contribution in [3.05, 3.63) is 0 Å². The van der Waals surface area contributed by atoms with Crippen molar-refractivity contribution in [2.24, 2.45) is 5.92 Å². The van der Waals surface area contributed by atoms with Gasteiger partial charge in [0.2, 0.25) is 5.91 Å². The van der Waals surface area contributed by atoms with Gasteiger partial charge >= 0.3 is 0 Å². The van der Waals surface area contributed by atoms with E-state index in [0.717, 1.165) is 31.8 Å². The van der Waals surface area contributed by atoms with E-state index in [-0.39, 0.29) is 11.0 Å². The van der Waals surface area contributed by atoms with Crippen LogP contribution in [-0.2, 0) is 9.59 Å². The number of hydrogen-bond donors (Lipinski definition) is 1. The van der Waals surface area contributed by atoms with Gasteiger partial charge < -0.3 is 10.2 Å². The van der Waals surface area contributed by atoms with Crippen molar-refractivity contribution >= 4 is 22.8 Å². The number of nitrogens with zero attached hydrogens (tertiary/aromatic N) is 1. The van der Waals surface area contributed by atoms with Crippen LogP contribution in [0.1, 0.15) is 32.6 Å². The zero-order valence-corrected chi connectivity index (χ0v) is 11.8. The SMILES string of the molecule is CC(=O)SCC1CC(=O)N(C2CCCCNC2)C1. The lowest BCUT2D eigenvalue weighted by Crippen LogP contribution is -2.42. The zero-order valence-electron chi connectivity index (χ0n) is 11.0. The number of likely N-dealkylation sites (tertiary alicyclic amines) is 1. The van der Waals surface area contributed by atoms with Crippen LogP contribution in [0.5, 0.6) is 0 Å². The minimum atomic E-state index is 0.150. The zero-order chi connectivity index (χ0) is 13.0. The first-order valence-electron chi connectivity index (χ1n) is 6.80. The van der Waals surface area contributed by atoms with Crippen molar-refractivity contribution in [1.29, 1.82) is 0 Å². The Hall–Kier alpha value is -0.550. The summed E-state index contributed by atoms with van der Waals surface area (Å²) in [5, 5.41) is 3.56. The Balaban J connectivity index is 1.85. The molecule has 4 nitrogen and oxygen atoms in total. The fraction of sp³-hybridized carbons (Fsp3) is 0.846. The Morgan fingerprint density at radius 3 is 3.11 bits per heavy atom. The molecule has 2 aliphatic rings. The highest BCUT2D eigenvalue weighted by Crippen LogP contribution is 2.25. The van der Waals surface area contributed by atoms with Gasteiger partial charge in [-0.05, 0) is 25.3 Å². The summed E-state index contributed by atoms with van der Waals surface area (Å²) in [6.45, 7) is 4.43. The molecule has 0 spiro atoms. The lowest BCUT2D eigenvalue weighted by molar-refractivity contribution is -0.129. The van der Waals surface area contributed by atoms with E-state index in [9.17, 15) is 9.59 Å². The fourth-order valence-electron chi connectivity index (χ4n) is 2.78. The summed E-state index contributed by atoms with van der Waals surface area (Å²) in [5.74, 6) is 1.42. The molecular formula is C13H22N2O2S. The highest BCUT2D eigenvalue weighted by Gasteiger charge is 2.34. The number of hydrogen-bond acceptors (Lipinski definition) is 4. The van der Waals surface area contributed by atoms with E-state index in [1.54, 1.807) is 6.92 Å². The highest BCUT2D eigenvalue weighted by molar-refractivity contribution is 8.13. The molecule has 2 aliphatic heterocycles. The van der Waals surface area contributed by atoms with E-state index < -0.39 is 0 Å². The van der Waals surface area contributed by atoms with Crippen LogP contribution < -0.4 is 5.32 Å². The molecular weight excluding hydrogens is 248 g/mol. The van der Waals surface area contributed by atoms with Crippen LogP contribution in [0.2, 0.25) is 0 Å². The second-order valence-electron chi connectivity index (χ2n) is 5.27. The van der Waals surface area contributed by atoms with Gasteiger partial charge in [0.1, 0.15) is 0 Å². The maximum atomic E-state index is 12.0. The summed E-state index contributed by atoms with van der Waals surface area (Å²) >= 11 is 1.35. The maximum absolute atomic E-state index is 12.0. The number of nitrogens with one attached hydrogen (secondary N) is 1. The van der Waals surface area contributed by atoms with E-state index in [1.165, 1.54) is 24.6 Å². The van der Waals surface area contributed by atoms with E-state index >= 15 is 0 Å². The molecule has 2 saturated heterocycles. The molecule has 2 fully saturated rings. The third-order valence-electron chi connectivity index (χ3n) is 3.72. The normalized spacial score (nSPS) is 29.4. The van der Waals surface area contributed by atoms with Crippen LogP contribution in [0.3, 0.4) is 0 Å². The first kappa shape index (κ1) is 13.9. The molecule has 1 amide bonds. The van der Waals surface area contributed by atoms with Gasteiger partial charge in [0, 0.05) is 38.2 Å². The van der Waals surface area contributed by atoms with Crippen molar-refractivity contribution in [3.63, 3.8) is 0 Å². The average molecular weight is 270 g/mol. The molecule has 2 rings (SSSR count). The average Bonchev–Trinajstić information content (AvgIpc) is 2.55. The van der Waals surface area contributed by atoms with Crippen molar-refractivity contribution in [1.82, 2.24) is 10.2 Å². The topological polar surface area (TPSA) is 49.4 Å². The highest BCUT2D eigenvalue weighted by atomic mass is 32.2. The number of amides is 1. The second kappa shape index (κ2) is 6.57. The van der Waals surface area contributed by atoms with Crippen LogP contribution >= 0.6 is 11.8 Å². The van der Waals surface area contributed by atoms with Gasteiger partial charge in [-0.15, -0.1) is 0 Å². The summed E-state index contributed by atoms with van der Waals surface area (Å²) in [6.07, 6.45) is 4.15. The van der Waals surface area contributed by atoms with Gasteiger partial charge in [0.05, 0.1) is 0 Å². The second-order valence-corrected chi connectivity index (χ2v) is 6.47. The monoisotopic (exact) mass is 270 g/mol. The first-order valence-corrected chi connectivity index (χ1v) is 7.79. The Bertz CT molecular complexity index is 314. The summed E-state index contributed by atoms with van der Waals surface area (Å²) < 4.78 is 0. The Kier molecular flexibility index (Phi) is 5.06. The number of thioether (sulfide) groups is 1. The fourth-order valence-corrected chi connectivity index (χ4v) is 3.47. The predicted molar refractivity (Wildman–Crippen MR) is 73.5 cm³/mol. The molecule has 0 bridgehead atoms. The van der Waals surface area contributed by atoms with Gasteiger partial charge in [-0.2, -0.15) is 0 Å². The number of rotatable bonds is 3. The summed E-state index contributed by atoms with van der Waals surface area (Å²) in [5.41, 5.74) is 0. The van der Waals surface area contributed by atoms with E-state index in [4.69, 9.17) is 0 Å². The molecule has 0 saturated carbocycles. The standard InChI is InChI=1S/C13H22N2O2S/c1-10(16)18-9-11-6-13(17)15(8-11)12-4-2-3-5-14-7-12/h11-12,14H,2-9H2,1H3. The Labute approximate surface area is 113 Å². The van der Waals surface area contributed by atoms with Crippen molar-refractivity contribution < 1.29 is 9.59 Å². The summed E-state index contributed by atoms with van der Waals surface area (Å²) in [7, 11) is 0. The Morgan fingerprint density at radius 2 is 2.33 bits per heavy atom. The molecule has 2 atom stereocenters. The van der Waals surface area contributed by atoms with Crippen LogP contribution in [-0.4, -0.2) is 47.4 Å². The molecule has 2 heterocycles. The number of carbonyl (C=O) groups excluding carboxylic acids is 2. The maximum Gasteiger partial charge on any atom is 0.223 e. The molecule has 0 aromatic heterocycles. The van der Waals surface area contributed by atoms with Gasteiger partial charge in [0.25, 0.3) is 0 Å². The molecule has 0 aromatic rings. The van der Waals surface area contributed by atoms with Crippen LogP contribution in [0.4, 0.5) is 0 Å². The summed E-state index contributed by atoms with van der Waals surface area (Å²) in [4.78, 5) is 25.1. The van der Waals surface area contributed by atoms with Crippen LogP contribution in [0.15, 0.2) is 0 Å². The van der Waals surface area contributed by atoms with Crippen molar-refractivity contribution in [3.8, 4) is 0 Å². The van der Waals surface area contributed by atoms with E-state index in [0.29, 0.717) is 18.4 Å². The van der Waals surface area contributed by atoms with Crippen molar-refractivity contribution in [2.45, 2.75) is 38.6 Å². The Morgan fingerprint density at radius 1 is 1.50 bits per heavy atom. The van der Waals surface area contributed by atoms with Crippen molar-refractivity contribution in [2.75, 3.05) is 25.4 Å².